The highest BCUT2D eigenvalue weighted by Crippen LogP contribution is 2.17. The Hall–Kier alpha value is -2.00. The van der Waals surface area contributed by atoms with Crippen LogP contribution in [0.4, 0.5) is 5.69 Å². The summed E-state index contributed by atoms with van der Waals surface area (Å²) >= 11 is 5.91. The standard InChI is InChI=1S/C15H14ClNO2/c16-13-6-3-7-14(9-13)17-10-12-5-2-1-4-11(12)8-15(18)19/h1-7,9,17H,8,10H2,(H,18,19). The predicted octanol–water partition coefficient (Wildman–Crippen LogP) is 3.58. The summed E-state index contributed by atoms with van der Waals surface area (Å²) in [6, 6.07) is 15.0. The molecular weight excluding hydrogens is 262 g/mol. The molecule has 0 fully saturated rings. The van der Waals surface area contributed by atoms with E-state index in [9.17, 15) is 4.79 Å². The first kappa shape index (κ1) is 13.4. The van der Waals surface area contributed by atoms with Gasteiger partial charge in [0.1, 0.15) is 0 Å². The third-order valence-electron chi connectivity index (χ3n) is 2.77. The molecule has 0 spiro atoms. The van der Waals surface area contributed by atoms with Gasteiger partial charge in [0.15, 0.2) is 0 Å². The number of carboxylic acid groups (broad SMARTS) is 1. The van der Waals surface area contributed by atoms with Crippen molar-refractivity contribution in [2.24, 2.45) is 0 Å². The van der Waals surface area contributed by atoms with Gasteiger partial charge in [0.05, 0.1) is 6.42 Å². The van der Waals surface area contributed by atoms with Gasteiger partial charge in [-0.15, -0.1) is 0 Å². The van der Waals surface area contributed by atoms with Crippen LogP contribution in [0.3, 0.4) is 0 Å². The zero-order valence-corrected chi connectivity index (χ0v) is 11.0. The molecule has 98 valence electrons. The minimum atomic E-state index is -0.824. The van der Waals surface area contributed by atoms with E-state index in [1.807, 2.05) is 48.5 Å². The van der Waals surface area contributed by atoms with Gasteiger partial charge in [0.25, 0.3) is 0 Å². The van der Waals surface area contributed by atoms with Crippen LogP contribution < -0.4 is 5.32 Å². The fourth-order valence-corrected chi connectivity index (χ4v) is 2.05. The molecule has 19 heavy (non-hydrogen) atoms. The van der Waals surface area contributed by atoms with Crippen molar-refractivity contribution in [2.45, 2.75) is 13.0 Å². The smallest absolute Gasteiger partial charge is 0.307 e. The number of hydrogen-bond donors (Lipinski definition) is 2. The number of benzene rings is 2. The molecule has 2 aromatic rings. The summed E-state index contributed by atoms with van der Waals surface area (Å²) in [4.78, 5) is 10.8. The number of carbonyl (C=O) groups is 1. The molecule has 0 bridgehead atoms. The molecule has 0 radical (unpaired) electrons. The lowest BCUT2D eigenvalue weighted by Gasteiger charge is -2.10. The maximum absolute atomic E-state index is 10.8. The number of carboxylic acids is 1. The van der Waals surface area contributed by atoms with Crippen LogP contribution in [-0.4, -0.2) is 11.1 Å². The van der Waals surface area contributed by atoms with Gasteiger partial charge in [-0.3, -0.25) is 4.79 Å². The van der Waals surface area contributed by atoms with E-state index < -0.39 is 5.97 Å². The van der Waals surface area contributed by atoms with Crippen LogP contribution in [0.25, 0.3) is 0 Å². The normalized spacial score (nSPS) is 10.2. The Labute approximate surface area is 116 Å². The van der Waals surface area contributed by atoms with Crippen molar-refractivity contribution in [1.82, 2.24) is 0 Å². The zero-order chi connectivity index (χ0) is 13.7. The number of rotatable bonds is 5. The second kappa shape index (κ2) is 6.25. The number of aliphatic carboxylic acids is 1. The Kier molecular flexibility index (Phi) is 4.42. The molecule has 0 aliphatic heterocycles. The fourth-order valence-electron chi connectivity index (χ4n) is 1.86. The van der Waals surface area contributed by atoms with E-state index in [0.717, 1.165) is 16.8 Å². The summed E-state index contributed by atoms with van der Waals surface area (Å²) < 4.78 is 0. The minimum absolute atomic E-state index is 0.0351. The van der Waals surface area contributed by atoms with Gasteiger partial charge in [-0.25, -0.2) is 0 Å². The molecular formula is C15H14ClNO2. The molecule has 0 aliphatic carbocycles. The molecule has 0 aliphatic rings. The Morgan fingerprint density at radius 2 is 1.84 bits per heavy atom. The van der Waals surface area contributed by atoms with E-state index in [4.69, 9.17) is 16.7 Å². The highest BCUT2D eigenvalue weighted by atomic mass is 35.5. The molecule has 3 nitrogen and oxygen atoms in total. The molecule has 0 atom stereocenters. The fraction of sp³-hybridized carbons (Fsp3) is 0.133. The van der Waals surface area contributed by atoms with Crippen LogP contribution >= 0.6 is 11.6 Å². The van der Waals surface area contributed by atoms with Crippen LogP contribution in [-0.2, 0) is 17.8 Å². The van der Waals surface area contributed by atoms with Crippen LogP contribution in [0, 0.1) is 0 Å². The molecule has 2 N–H and O–H groups in total. The summed E-state index contributed by atoms with van der Waals surface area (Å²) in [6.07, 6.45) is 0.0351. The summed E-state index contributed by atoms with van der Waals surface area (Å²) in [5, 5.41) is 12.8. The van der Waals surface area contributed by atoms with E-state index in [-0.39, 0.29) is 6.42 Å². The highest BCUT2D eigenvalue weighted by molar-refractivity contribution is 6.30. The molecule has 2 rings (SSSR count). The minimum Gasteiger partial charge on any atom is -0.481 e. The largest absolute Gasteiger partial charge is 0.481 e. The lowest BCUT2D eigenvalue weighted by atomic mass is 10.0. The second-order valence-corrected chi connectivity index (χ2v) is 4.64. The average Bonchev–Trinajstić information content (AvgIpc) is 2.37. The second-order valence-electron chi connectivity index (χ2n) is 4.20. The number of halogens is 1. The highest BCUT2D eigenvalue weighted by Gasteiger charge is 2.06. The molecule has 0 saturated carbocycles. The molecule has 0 aromatic heterocycles. The van der Waals surface area contributed by atoms with Gasteiger partial charge in [0, 0.05) is 17.3 Å². The van der Waals surface area contributed by atoms with Crippen LogP contribution in [0.1, 0.15) is 11.1 Å². The summed E-state index contributed by atoms with van der Waals surface area (Å²) in [6.45, 7) is 0.573. The Bertz CT molecular complexity index is 584. The first-order chi connectivity index (χ1) is 9.15. The SMILES string of the molecule is O=C(O)Cc1ccccc1CNc1cccc(Cl)c1. The van der Waals surface area contributed by atoms with Crippen molar-refractivity contribution >= 4 is 23.3 Å². The van der Waals surface area contributed by atoms with Crippen molar-refractivity contribution in [3.63, 3.8) is 0 Å². The lowest BCUT2D eigenvalue weighted by molar-refractivity contribution is -0.136. The maximum Gasteiger partial charge on any atom is 0.307 e. The summed E-state index contributed by atoms with van der Waals surface area (Å²) in [5.74, 6) is -0.824. The number of hydrogen-bond acceptors (Lipinski definition) is 2. The van der Waals surface area contributed by atoms with Gasteiger partial charge in [-0.05, 0) is 29.3 Å². The van der Waals surface area contributed by atoms with E-state index in [0.29, 0.717) is 11.6 Å². The summed E-state index contributed by atoms with van der Waals surface area (Å²) in [5.41, 5.74) is 2.71. The summed E-state index contributed by atoms with van der Waals surface area (Å²) in [7, 11) is 0. The van der Waals surface area contributed by atoms with Crippen LogP contribution in [0.15, 0.2) is 48.5 Å². The quantitative estimate of drug-likeness (QED) is 0.877. The molecule has 0 heterocycles. The predicted molar refractivity (Wildman–Crippen MR) is 76.6 cm³/mol. The van der Waals surface area contributed by atoms with Crippen molar-refractivity contribution in [2.75, 3.05) is 5.32 Å². The average molecular weight is 276 g/mol. The first-order valence-electron chi connectivity index (χ1n) is 5.93. The Morgan fingerprint density at radius 3 is 2.53 bits per heavy atom. The van der Waals surface area contributed by atoms with Gasteiger partial charge in [-0.1, -0.05) is 41.9 Å². The monoisotopic (exact) mass is 275 g/mol. The third-order valence-corrected chi connectivity index (χ3v) is 3.00. The van der Waals surface area contributed by atoms with Crippen molar-refractivity contribution in [1.29, 1.82) is 0 Å². The maximum atomic E-state index is 10.8. The molecule has 0 saturated heterocycles. The van der Waals surface area contributed by atoms with Gasteiger partial charge < -0.3 is 10.4 Å². The van der Waals surface area contributed by atoms with E-state index >= 15 is 0 Å². The first-order valence-corrected chi connectivity index (χ1v) is 6.31. The van der Waals surface area contributed by atoms with E-state index in [1.165, 1.54) is 0 Å². The molecule has 0 unspecified atom stereocenters. The third kappa shape index (κ3) is 4.00. The van der Waals surface area contributed by atoms with Crippen LogP contribution in [0.2, 0.25) is 5.02 Å². The zero-order valence-electron chi connectivity index (χ0n) is 10.3. The topological polar surface area (TPSA) is 49.3 Å². The Morgan fingerprint density at radius 1 is 1.11 bits per heavy atom. The number of anilines is 1. The van der Waals surface area contributed by atoms with Crippen molar-refractivity contribution < 1.29 is 9.90 Å². The molecule has 0 amide bonds. The Balaban J connectivity index is 2.09. The van der Waals surface area contributed by atoms with Gasteiger partial charge in [-0.2, -0.15) is 0 Å². The molecule has 2 aromatic carbocycles. The molecule has 4 heteroatoms. The lowest BCUT2D eigenvalue weighted by Crippen LogP contribution is -2.07. The van der Waals surface area contributed by atoms with E-state index in [2.05, 4.69) is 5.32 Å². The van der Waals surface area contributed by atoms with Crippen LogP contribution in [0.5, 0.6) is 0 Å². The van der Waals surface area contributed by atoms with E-state index in [1.54, 1.807) is 0 Å². The number of nitrogens with one attached hydrogen (secondary N) is 1. The van der Waals surface area contributed by atoms with Gasteiger partial charge >= 0.3 is 5.97 Å². The van der Waals surface area contributed by atoms with Crippen molar-refractivity contribution in [3.05, 3.63) is 64.7 Å². The van der Waals surface area contributed by atoms with Crippen molar-refractivity contribution in [3.8, 4) is 0 Å². The van der Waals surface area contributed by atoms with Gasteiger partial charge in [0.2, 0.25) is 0 Å².